The zero-order chi connectivity index (χ0) is 34.3. The highest BCUT2D eigenvalue weighted by Crippen LogP contribution is 2.41. The molecule has 4 amide bonds. The Labute approximate surface area is 286 Å². The Morgan fingerprint density at radius 3 is 2.35 bits per heavy atom. The van der Waals surface area contributed by atoms with Gasteiger partial charge in [0.1, 0.15) is 11.6 Å². The topological polar surface area (TPSA) is 110 Å². The van der Waals surface area contributed by atoms with Crippen molar-refractivity contribution in [3.8, 4) is 11.4 Å². The van der Waals surface area contributed by atoms with Crippen molar-refractivity contribution in [2.75, 3.05) is 22.7 Å². The lowest BCUT2D eigenvalue weighted by Gasteiger charge is -2.39. The average molecular weight is 667 g/mol. The molecule has 3 aromatic carbocycles. The van der Waals surface area contributed by atoms with Crippen molar-refractivity contribution in [3.63, 3.8) is 0 Å². The van der Waals surface area contributed by atoms with E-state index in [1.54, 1.807) is 4.68 Å². The van der Waals surface area contributed by atoms with Crippen LogP contribution in [-0.4, -0.2) is 45.6 Å². The lowest BCUT2D eigenvalue weighted by Crippen LogP contribution is -2.48. The second-order valence-electron chi connectivity index (χ2n) is 14.5. The van der Waals surface area contributed by atoms with Crippen LogP contribution in [0.3, 0.4) is 0 Å². The molecule has 2 atom stereocenters. The van der Waals surface area contributed by atoms with Gasteiger partial charge in [-0.25, -0.2) is 18.7 Å². The molecule has 7 rings (SSSR count). The van der Waals surface area contributed by atoms with Gasteiger partial charge in [-0.05, 0) is 80.8 Å². The van der Waals surface area contributed by atoms with Gasteiger partial charge in [-0.3, -0.25) is 5.32 Å². The van der Waals surface area contributed by atoms with Gasteiger partial charge in [-0.15, -0.1) is 0 Å². The number of ether oxygens (including phenoxy) is 2. The molecule has 2 fully saturated rings. The third-order valence-corrected chi connectivity index (χ3v) is 9.72. The quantitative estimate of drug-likeness (QED) is 0.193. The van der Waals surface area contributed by atoms with Crippen molar-refractivity contribution >= 4 is 29.3 Å². The highest BCUT2D eigenvalue weighted by atomic mass is 19.1. The third kappa shape index (κ3) is 7.12. The summed E-state index contributed by atoms with van der Waals surface area (Å²) in [7, 11) is 0. The summed E-state index contributed by atoms with van der Waals surface area (Å²) < 4.78 is 26.9. The smallest absolute Gasteiger partial charge is 0.324 e. The number of carbonyl (C=O) groups excluding carboxylic acids is 2. The summed E-state index contributed by atoms with van der Waals surface area (Å²) in [6, 6.07) is 20.3. The Balaban J connectivity index is 0.954. The molecule has 2 bridgehead atoms. The summed E-state index contributed by atoms with van der Waals surface area (Å²) in [5.74, 6) is 1.06. The molecule has 0 spiro atoms. The fourth-order valence-electron chi connectivity index (χ4n) is 7.30. The van der Waals surface area contributed by atoms with Gasteiger partial charge in [-0.1, -0.05) is 50.6 Å². The molecule has 3 aliphatic rings. The van der Waals surface area contributed by atoms with Gasteiger partial charge in [0.05, 0.1) is 23.7 Å². The minimum Gasteiger partial charge on any atom is -0.465 e. The Morgan fingerprint density at radius 1 is 0.939 bits per heavy atom. The number of halogens is 1. The summed E-state index contributed by atoms with van der Waals surface area (Å²) in [5.41, 5.74) is 5.53. The molecule has 4 heterocycles. The maximum absolute atomic E-state index is 14.3. The Hall–Kier alpha value is -4.90. The van der Waals surface area contributed by atoms with Gasteiger partial charge < -0.3 is 25.0 Å². The normalized spacial score (nSPS) is 19.9. The van der Waals surface area contributed by atoms with Crippen LogP contribution in [0.25, 0.3) is 5.69 Å². The number of aryl methyl sites for hydroxylation is 1. The molecule has 0 saturated carbocycles. The minimum atomic E-state index is -0.438. The van der Waals surface area contributed by atoms with Crippen molar-refractivity contribution in [2.24, 2.45) is 5.92 Å². The number of fused-ring (bicyclic) bond motifs is 3. The summed E-state index contributed by atoms with van der Waals surface area (Å²) in [6.45, 7) is 8.64. The lowest BCUT2D eigenvalue weighted by atomic mass is 9.86. The van der Waals surface area contributed by atoms with E-state index in [0.717, 1.165) is 49.0 Å². The first kappa shape index (κ1) is 32.6. The van der Waals surface area contributed by atoms with Crippen molar-refractivity contribution in [3.05, 3.63) is 94.9 Å². The van der Waals surface area contributed by atoms with Crippen LogP contribution in [0.1, 0.15) is 68.8 Å². The minimum absolute atomic E-state index is 0.0712. The van der Waals surface area contributed by atoms with Gasteiger partial charge in [0.2, 0.25) is 0 Å². The summed E-state index contributed by atoms with van der Waals surface area (Å²) in [4.78, 5) is 28.5. The van der Waals surface area contributed by atoms with Crippen molar-refractivity contribution in [2.45, 2.75) is 83.9 Å². The summed E-state index contributed by atoms with van der Waals surface area (Å²) >= 11 is 0. The van der Waals surface area contributed by atoms with Gasteiger partial charge >= 0.3 is 12.1 Å². The molecule has 3 N–H and O–H groups in total. The molecule has 49 heavy (non-hydrogen) atoms. The third-order valence-electron chi connectivity index (χ3n) is 9.72. The number of amides is 4. The van der Waals surface area contributed by atoms with Crippen LogP contribution in [-0.2, 0) is 23.2 Å². The number of hydrogen-bond acceptors (Lipinski definition) is 5. The van der Waals surface area contributed by atoms with E-state index in [9.17, 15) is 14.0 Å². The highest BCUT2D eigenvalue weighted by Gasteiger charge is 2.43. The van der Waals surface area contributed by atoms with Crippen molar-refractivity contribution in [1.29, 1.82) is 0 Å². The van der Waals surface area contributed by atoms with Gasteiger partial charge in [0, 0.05) is 40.9 Å². The first-order valence-corrected chi connectivity index (χ1v) is 17.0. The van der Waals surface area contributed by atoms with Crippen LogP contribution < -0.4 is 20.7 Å². The van der Waals surface area contributed by atoms with E-state index in [2.05, 4.69) is 48.9 Å². The van der Waals surface area contributed by atoms with Crippen LogP contribution >= 0.6 is 0 Å². The number of hydrogen-bond donors (Lipinski definition) is 3. The molecule has 1 aromatic heterocycles. The number of aromatic nitrogens is 2. The van der Waals surface area contributed by atoms with Crippen LogP contribution in [0.2, 0.25) is 0 Å². The Kier molecular flexibility index (Phi) is 8.79. The van der Waals surface area contributed by atoms with Crippen LogP contribution in [0, 0.1) is 18.7 Å². The highest BCUT2D eigenvalue weighted by molar-refractivity contribution is 5.99. The Morgan fingerprint density at radius 2 is 1.65 bits per heavy atom. The Bertz CT molecular complexity index is 1840. The van der Waals surface area contributed by atoms with E-state index in [-0.39, 0.29) is 43.0 Å². The van der Waals surface area contributed by atoms with Crippen LogP contribution in [0.15, 0.2) is 66.7 Å². The number of nitrogens with one attached hydrogen (secondary N) is 3. The second kappa shape index (κ2) is 13.2. The molecule has 4 aromatic rings. The van der Waals surface area contributed by atoms with E-state index in [0.29, 0.717) is 34.4 Å². The molecule has 2 unspecified atom stereocenters. The molecule has 2 saturated heterocycles. The number of nitrogens with zero attached hydrogens (tertiary/aromatic N) is 3. The number of urea groups is 2. The van der Waals surface area contributed by atoms with Gasteiger partial charge in [-0.2, -0.15) is 5.10 Å². The summed E-state index contributed by atoms with van der Waals surface area (Å²) in [5, 5.41) is 13.7. The van der Waals surface area contributed by atoms with Gasteiger partial charge in [0.25, 0.3) is 0 Å². The second-order valence-corrected chi connectivity index (χ2v) is 14.5. The van der Waals surface area contributed by atoms with E-state index in [4.69, 9.17) is 14.6 Å². The van der Waals surface area contributed by atoms with Crippen molar-refractivity contribution in [1.82, 2.24) is 14.7 Å². The fraction of sp³-hybridized carbons (Fsp3) is 0.395. The molecule has 10 nitrogen and oxygen atoms in total. The van der Waals surface area contributed by atoms with E-state index < -0.39 is 5.82 Å². The summed E-state index contributed by atoms with van der Waals surface area (Å²) in [6.07, 6.45) is 4.62. The van der Waals surface area contributed by atoms with E-state index in [1.807, 2.05) is 54.3 Å². The zero-order valence-electron chi connectivity index (χ0n) is 28.4. The number of rotatable bonds is 6. The average Bonchev–Trinajstić information content (AvgIpc) is 3.60. The molecule has 11 heteroatoms. The number of carbonyl (C=O) groups is 2. The zero-order valence-corrected chi connectivity index (χ0v) is 28.4. The monoisotopic (exact) mass is 666 g/mol. The van der Waals surface area contributed by atoms with Crippen LogP contribution in [0.5, 0.6) is 5.75 Å². The number of benzene rings is 3. The van der Waals surface area contributed by atoms with E-state index in [1.165, 1.54) is 17.7 Å². The first-order valence-electron chi connectivity index (χ1n) is 17.0. The predicted molar refractivity (Wildman–Crippen MR) is 187 cm³/mol. The molecular formula is C38H43FN6O4. The maximum atomic E-state index is 14.3. The SMILES string of the molecule is Cc1ccc(-n2nc(C(C)(C)C)cc2NC(=O)Nc2ccc(CC3CC4CCC(C3)N4C(=O)Nc3cc(F)cc4c3OCOC4)cc2)cc1. The molecule has 0 radical (unpaired) electrons. The lowest BCUT2D eigenvalue weighted by molar-refractivity contribution is -0.0160. The predicted octanol–water partition coefficient (Wildman–Crippen LogP) is 8.15. The standard InChI is InChI=1S/C38H43FN6O4/c1-23-5-11-29(12-6-23)45-34(20-33(43-45)38(2,3)4)42-36(46)40-28-9-7-24(8-10-28)15-25-16-30-13-14-31(17-25)44(30)37(47)41-32-19-27(39)18-26-21-48-22-49-35(26)32/h5-12,18-20,25,30-31H,13-17,21-22H2,1-4H3,(H,41,47)(H2,40,42,46). The fourth-order valence-corrected chi connectivity index (χ4v) is 7.30. The van der Waals surface area contributed by atoms with E-state index >= 15 is 0 Å². The molecule has 0 aliphatic carbocycles. The maximum Gasteiger partial charge on any atom is 0.324 e. The first-order chi connectivity index (χ1) is 23.5. The van der Waals surface area contributed by atoms with Gasteiger partial charge in [0.15, 0.2) is 12.5 Å². The van der Waals surface area contributed by atoms with Crippen molar-refractivity contribution < 1.29 is 23.5 Å². The molecule has 256 valence electrons. The largest absolute Gasteiger partial charge is 0.465 e. The number of piperidine rings is 1. The molecule has 3 aliphatic heterocycles. The number of anilines is 3. The molecular weight excluding hydrogens is 623 g/mol. The van der Waals surface area contributed by atoms with Crippen LogP contribution in [0.4, 0.5) is 31.2 Å².